The minimum atomic E-state index is 0.401. The van der Waals surface area contributed by atoms with Crippen LogP contribution in [0, 0.1) is 11.3 Å². The van der Waals surface area contributed by atoms with Gasteiger partial charge in [0.2, 0.25) is 0 Å². The van der Waals surface area contributed by atoms with Crippen LogP contribution >= 0.6 is 11.3 Å². The van der Waals surface area contributed by atoms with E-state index in [-0.39, 0.29) is 0 Å². The van der Waals surface area contributed by atoms with E-state index in [2.05, 4.69) is 41.4 Å². The third-order valence-corrected chi connectivity index (χ3v) is 3.91. The molecule has 3 nitrogen and oxygen atoms in total. The number of nitriles is 1. The highest BCUT2D eigenvalue weighted by molar-refractivity contribution is 7.09. The number of hydrogen-bond acceptors (Lipinski definition) is 4. The van der Waals surface area contributed by atoms with Crippen LogP contribution in [0.1, 0.15) is 17.5 Å². The second-order valence-corrected chi connectivity index (χ2v) is 5.29. The average Bonchev–Trinajstić information content (AvgIpc) is 2.91. The first-order valence-electron chi connectivity index (χ1n) is 5.82. The van der Waals surface area contributed by atoms with Gasteiger partial charge in [0.15, 0.2) is 0 Å². The van der Waals surface area contributed by atoms with E-state index in [1.807, 2.05) is 12.1 Å². The summed E-state index contributed by atoms with van der Waals surface area (Å²) in [6.45, 7) is 2.19. The summed E-state index contributed by atoms with van der Waals surface area (Å²) in [6, 6.07) is 10.4. The van der Waals surface area contributed by atoms with Crippen LogP contribution in [0.3, 0.4) is 0 Å². The Morgan fingerprint density at radius 3 is 2.83 bits per heavy atom. The van der Waals surface area contributed by atoms with Crippen LogP contribution in [0.5, 0.6) is 0 Å². The highest BCUT2D eigenvalue weighted by atomic mass is 32.1. The average molecular weight is 257 g/mol. The molecule has 0 saturated heterocycles. The summed E-state index contributed by atoms with van der Waals surface area (Å²) in [6.07, 6.45) is 2.78. The number of rotatable bonds is 4. The SMILES string of the molecule is CC(Cc1cccs1)N(C)c1ccc(C#N)nc1. The number of pyridine rings is 1. The topological polar surface area (TPSA) is 39.9 Å². The lowest BCUT2D eigenvalue weighted by Gasteiger charge is -2.26. The molecule has 2 heterocycles. The summed E-state index contributed by atoms with van der Waals surface area (Å²) >= 11 is 1.78. The summed E-state index contributed by atoms with van der Waals surface area (Å²) in [4.78, 5) is 7.67. The zero-order chi connectivity index (χ0) is 13.0. The zero-order valence-electron chi connectivity index (χ0n) is 10.5. The van der Waals surface area contributed by atoms with Gasteiger partial charge in [0.05, 0.1) is 11.9 Å². The first kappa shape index (κ1) is 12.6. The summed E-state index contributed by atoms with van der Waals surface area (Å²) < 4.78 is 0. The molecule has 2 rings (SSSR count). The van der Waals surface area contributed by atoms with Crippen LogP contribution in [-0.4, -0.2) is 18.1 Å². The van der Waals surface area contributed by atoms with Gasteiger partial charge < -0.3 is 4.90 Å². The van der Waals surface area contributed by atoms with Gasteiger partial charge >= 0.3 is 0 Å². The molecule has 0 N–H and O–H groups in total. The molecular formula is C14H15N3S. The number of likely N-dealkylation sites (N-methyl/N-ethyl adjacent to an activating group) is 1. The molecule has 4 heteroatoms. The largest absolute Gasteiger partial charge is 0.370 e. The van der Waals surface area contributed by atoms with Gasteiger partial charge in [-0.15, -0.1) is 11.3 Å². The lowest BCUT2D eigenvalue weighted by Crippen LogP contribution is -2.30. The van der Waals surface area contributed by atoms with Crippen molar-refractivity contribution < 1.29 is 0 Å². The normalized spacial score (nSPS) is 11.8. The van der Waals surface area contributed by atoms with Gasteiger partial charge in [-0.1, -0.05) is 6.07 Å². The van der Waals surface area contributed by atoms with Gasteiger partial charge in [0.25, 0.3) is 0 Å². The summed E-state index contributed by atoms with van der Waals surface area (Å²) in [7, 11) is 2.06. The number of hydrogen-bond donors (Lipinski definition) is 0. The Morgan fingerprint density at radius 2 is 2.28 bits per heavy atom. The van der Waals surface area contributed by atoms with Gasteiger partial charge in [-0.25, -0.2) is 4.98 Å². The van der Waals surface area contributed by atoms with Crippen LogP contribution in [0.25, 0.3) is 0 Å². The van der Waals surface area contributed by atoms with Gasteiger partial charge in [0, 0.05) is 24.4 Å². The molecule has 0 saturated carbocycles. The maximum Gasteiger partial charge on any atom is 0.140 e. The van der Waals surface area contributed by atoms with Gasteiger partial charge in [0.1, 0.15) is 11.8 Å². The molecule has 1 unspecified atom stereocenters. The molecule has 2 aromatic heterocycles. The van der Waals surface area contributed by atoms with Gasteiger partial charge in [-0.05, 0) is 30.5 Å². The first-order valence-corrected chi connectivity index (χ1v) is 6.70. The van der Waals surface area contributed by atoms with Crippen LogP contribution in [0.4, 0.5) is 5.69 Å². The fraction of sp³-hybridized carbons (Fsp3) is 0.286. The van der Waals surface area contributed by atoms with E-state index in [9.17, 15) is 0 Å². The zero-order valence-corrected chi connectivity index (χ0v) is 11.3. The van der Waals surface area contributed by atoms with Crippen LogP contribution < -0.4 is 4.90 Å². The van der Waals surface area contributed by atoms with Crippen LogP contribution in [-0.2, 0) is 6.42 Å². The Bertz CT molecular complexity index is 525. The highest BCUT2D eigenvalue weighted by Gasteiger charge is 2.11. The van der Waals surface area contributed by atoms with Crippen molar-refractivity contribution in [1.29, 1.82) is 5.26 Å². The molecule has 0 aliphatic heterocycles. The third kappa shape index (κ3) is 2.88. The molecule has 18 heavy (non-hydrogen) atoms. The van der Waals surface area contributed by atoms with Crippen molar-refractivity contribution in [1.82, 2.24) is 4.98 Å². The highest BCUT2D eigenvalue weighted by Crippen LogP contribution is 2.18. The second kappa shape index (κ2) is 5.65. The maximum absolute atomic E-state index is 8.72. The predicted octanol–water partition coefficient (Wildman–Crippen LogP) is 3.08. The monoisotopic (exact) mass is 257 g/mol. The summed E-state index contributed by atoms with van der Waals surface area (Å²) in [5.41, 5.74) is 1.50. The molecule has 0 radical (unpaired) electrons. The first-order chi connectivity index (χ1) is 8.70. The quantitative estimate of drug-likeness (QED) is 0.845. The van der Waals surface area contributed by atoms with Gasteiger partial charge in [-0.2, -0.15) is 5.26 Å². The van der Waals surface area contributed by atoms with Crippen molar-refractivity contribution in [3.05, 3.63) is 46.4 Å². The fourth-order valence-corrected chi connectivity index (χ4v) is 2.60. The Morgan fingerprint density at radius 1 is 1.44 bits per heavy atom. The number of thiophene rings is 1. The van der Waals surface area contributed by atoms with Crippen molar-refractivity contribution in [2.45, 2.75) is 19.4 Å². The molecule has 1 atom stereocenters. The molecule has 0 aromatic carbocycles. The standard InChI is InChI=1S/C14H15N3S/c1-11(8-14-4-3-7-18-14)17(2)13-6-5-12(9-15)16-10-13/h3-7,10-11H,8H2,1-2H3. The van der Waals surface area contributed by atoms with E-state index in [1.165, 1.54) is 4.88 Å². The molecule has 2 aromatic rings. The summed E-state index contributed by atoms with van der Waals surface area (Å²) in [5, 5.41) is 10.8. The summed E-state index contributed by atoms with van der Waals surface area (Å²) in [5.74, 6) is 0. The van der Waals surface area contributed by atoms with E-state index in [0.717, 1.165) is 12.1 Å². The van der Waals surface area contributed by atoms with Crippen LogP contribution in [0.15, 0.2) is 35.8 Å². The van der Waals surface area contributed by atoms with Gasteiger partial charge in [-0.3, -0.25) is 0 Å². The molecule has 0 amide bonds. The number of aromatic nitrogens is 1. The van der Waals surface area contributed by atoms with E-state index in [0.29, 0.717) is 11.7 Å². The van der Waals surface area contributed by atoms with E-state index < -0.39 is 0 Å². The maximum atomic E-state index is 8.72. The number of anilines is 1. The van der Waals surface area contributed by atoms with Crippen LogP contribution in [0.2, 0.25) is 0 Å². The minimum Gasteiger partial charge on any atom is -0.370 e. The predicted molar refractivity (Wildman–Crippen MR) is 74.8 cm³/mol. The van der Waals surface area contributed by atoms with E-state index in [4.69, 9.17) is 5.26 Å². The molecular weight excluding hydrogens is 242 g/mol. The number of nitrogens with zero attached hydrogens (tertiary/aromatic N) is 3. The molecule has 92 valence electrons. The molecule has 0 aliphatic rings. The fourth-order valence-electron chi connectivity index (χ4n) is 1.77. The Kier molecular flexibility index (Phi) is 3.96. The lowest BCUT2D eigenvalue weighted by atomic mass is 10.1. The molecule has 0 aliphatic carbocycles. The molecule has 0 bridgehead atoms. The van der Waals surface area contributed by atoms with Crippen molar-refractivity contribution in [2.24, 2.45) is 0 Å². The van der Waals surface area contributed by atoms with Crippen molar-refractivity contribution in [3.8, 4) is 6.07 Å². The van der Waals surface area contributed by atoms with E-state index >= 15 is 0 Å². The van der Waals surface area contributed by atoms with Crippen molar-refractivity contribution in [3.63, 3.8) is 0 Å². The molecule has 0 spiro atoms. The smallest absolute Gasteiger partial charge is 0.140 e. The third-order valence-electron chi connectivity index (χ3n) is 3.01. The molecule has 0 fully saturated rings. The van der Waals surface area contributed by atoms with Crippen molar-refractivity contribution >= 4 is 17.0 Å². The Labute approximate surface area is 111 Å². The second-order valence-electron chi connectivity index (χ2n) is 4.26. The van der Waals surface area contributed by atoms with E-state index in [1.54, 1.807) is 23.6 Å². The Hall–Kier alpha value is -1.86. The minimum absolute atomic E-state index is 0.401. The Balaban J connectivity index is 2.05. The van der Waals surface area contributed by atoms with Crippen molar-refractivity contribution in [2.75, 3.05) is 11.9 Å². The lowest BCUT2D eigenvalue weighted by molar-refractivity contribution is 0.687.